The van der Waals surface area contributed by atoms with E-state index in [-0.39, 0.29) is 0 Å². The van der Waals surface area contributed by atoms with Crippen LogP contribution in [0.3, 0.4) is 0 Å². The fraction of sp³-hybridized carbons (Fsp3) is 0.800. The molecule has 1 aliphatic heterocycles. The molecule has 2 nitrogen and oxygen atoms in total. The highest BCUT2D eigenvalue weighted by Gasteiger charge is 2.14. The number of nitrogens with zero attached hydrogens (tertiary/aromatic N) is 1. The molecular weight excluding hydrogens is 150 g/mol. The van der Waals surface area contributed by atoms with Gasteiger partial charge in [-0.15, -0.1) is 0 Å². The van der Waals surface area contributed by atoms with Crippen molar-refractivity contribution < 1.29 is 4.74 Å². The highest BCUT2D eigenvalue weighted by molar-refractivity contribution is 4.95. The largest absolute Gasteiger partial charge is 0.381 e. The van der Waals surface area contributed by atoms with Gasteiger partial charge < -0.3 is 4.74 Å². The van der Waals surface area contributed by atoms with Gasteiger partial charge in [0, 0.05) is 13.2 Å². The van der Waals surface area contributed by atoms with Crippen LogP contribution in [0.15, 0.2) is 12.2 Å². The number of piperidine rings is 1. The van der Waals surface area contributed by atoms with Crippen LogP contribution in [0.25, 0.3) is 0 Å². The molecule has 0 radical (unpaired) electrons. The van der Waals surface area contributed by atoms with Gasteiger partial charge in [0.15, 0.2) is 0 Å². The number of hydrogen-bond acceptors (Lipinski definition) is 2. The average Bonchev–Trinajstić information content (AvgIpc) is 2.09. The highest BCUT2D eigenvalue weighted by Crippen LogP contribution is 2.15. The van der Waals surface area contributed by atoms with Crippen LogP contribution in [-0.4, -0.2) is 38.3 Å². The Bertz CT molecular complexity index is 145. The fourth-order valence-corrected chi connectivity index (χ4v) is 1.65. The minimum absolute atomic E-state index is 0.647. The molecule has 0 amide bonds. The summed E-state index contributed by atoms with van der Waals surface area (Å²) in [6.07, 6.45) is 8.41. The molecular formula is C10H19NO. The van der Waals surface area contributed by atoms with Crippen LogP contribution in [0.1, 0.15) is 19.3 Å². The summed E-state index contributed by atoms with van der Waals surface area (Å²) in [6.45, 7) is 1.98. The Morgan fingerprint density at radius 1 is 1.50 bits per heavy atom. The van der Waals surface area contributed by atoms with Crippen molar-refractivity contribution in [1.82, 2.24) is 4.90 Å². The lowest BCUT2D eigenvalue weighted by Crippen LogP contribution is -2.34. The van der Waals surface area contributed by atoms with Crippen LogP contribution in [0, 0.1) is 0 Å². The Kier molecular flexibility index (Phi) is 4.33. The molecule has 1 fully saturated rings. The number of likely N-dealkylation sites (tertiary alicyclic amines) is 1. The van der Waals surface area contributed by atoms with Crippen molar-refractivity contribution in [2.75, 3.05) is 27.3 Å². The SMILES string of the molecule is COC/C=C\C1CCCCN1C. The number of hydrogen-bond donors (Lipinski definition) is 0. The standard InChI is InChI=1S/C10H19NO/c1-11-8-4-3-6-10(11)7-5-9-12-2/h5,7,10H,3-4,6,8-9H2,1-2H3/b7-5-. The highest BCUT2D eigenvalue weighted by atomic mass is 16.5. The zero-order chi connectivity index (χ0) is 8.81. The molecule has 1 unspecified atom stereocenters. The normalized spacial score (nSPS) is 26.7. The quantitative estimate of drug-likeness (QED) is 0.596. The van der Waals surface area contributed by atoms with E-state index in [2.05, 4.69) is 24.1 Å². The van der Waals surface area contributed by atoms with Gasteiger partial charge in [-0.1, -0.05) is 18.6 Å². The summed E-state index contributed by atoms with van der Waals surface area (Å²) in [5, 5.41) is 0. The third-order valence-electron chi connectivity index (χ3n) is 2.45. The van der Waals surface area contributed by atoms with Crippen LogP contribution in [0.2, 0.25) is 0 Å². The molecule has 70 valence electrons. The predicted octanol–water partition coefficient (Wildman–Crippen LogP) is 1.67. The molecule has 1 rings (SSSR count). The summed E-state index contributed by atoms with van der Waals surface area (Å²) < 4.78 is 4.96. The third kappa shape index (κ3) is 2.95. The minimum Gasteiger partial charge on any atom is -0.381 e. The van der Waals surface area contributed by atoms with Crippen LogP contribution < -0.4 is 0 Å². The van der Waals surface area contributed by atoms with E-state index in [1.165, 1.54) is 25.8 Å². The second-order valence-electron chi connectivity index (χ2n) is 3.43. The number of likely N-dealkylation sites (N-methyl/N-ethyl adjacent to an activating group) is 1. The Balaban J connectivity index is 2.28. The van der Waals surface area contributed by atoms with E-state index in [0.29, 0.717) is 6.04 Å². The summed E-state index contributed by atoms with van der Waals surface area (Å²) in [7, 11) is 3.93. The lowest BCUT2D eigenvalue weighted by Gasteiger charge is -2.30. The Labute approximate surface area is 75.2 Å². The summed E-state index contributed by atoms with van der Waals surface area (Å²) in [6, 6.07) is 0.647. The monoisotopic (exact) mass is 169 g/mol. The second kappa shape index (κ2) is 5.33. The molecule has 0 aromatic carbocycles. The molecule has 1 saturated heterocycles. The molecule has 12 heavy (non-hydrogen) atoms. The maximum Gasteiger partial charge on any atom is 0.0644 e. The van der Waals surface area contributed by atoms with Crippen LogP contribution in [0.5, 0.6) is 0 Å². The van der Waals surface area contributed by atoms with Gasteiger partial charge in [-0.3, -0.25) is 4.90 Å². The fourth-order valence-electron chi connectivity index (χ4n) is 1.65. The van der Waals surface area contributed by atoms with Gasteiger partial charge in [0.25, 0.3) is 0 Å². The maximum atomic E-state index is 4.96. The summed E-state index contributed by atoms with van der Waals surface area (Å²) in [5.74, 6) is 0. The van der Waals surface area contributed by atoms with Crippen molar-refractivity contribution in [3.8, 4) is 0 Å². The molecule has 0 saturated carbocycles. The van der Waals surface area contributed by atoms with Crippen LogP contribution >= 0.6 is 0 Å². The van der Waals surface area contributed by atoms with Crippen molar-refractivity contribution >= 4 is 0 Å². The summed E-state index contributed by atoms with van der Waals surface area (Å²) in [4.78, 5) is 2.41. The van der Waals surface area contributed by atoms with Gasteiger partial charge in [-0.25, -0.2) is 0 Å². The van der Waals surface area contributed by atoms with E-state index < -0.39 is 0 Å². The van der Waals surface area contributed by atoms with E-state index in [9.17, 15) is 0 Å². The average molecular weight is 169 g/mol. The maximum absolute atomic E-state index is 4.96. The zero-order valence-corrected chi connectivity index (χ0v) is 8.12. The van der Waals surface area contributed by atoms with Crippen LogP contribution in [-0.2, 0) is 4.74 Å². The molecule has 0 spiro atoms. The first-order valence-electron chi connectivity index (χ1n) is 4.70. The van der Waals surface area contributed by atoms with E-state index in [1.807, 2.05) is 0 Å². The Morgan fingerprint density at radius 2 is 2.33 bits per heavy atom. The molecule has 2 heteroatoms. The molecule has 0 N–H and O–H groups in total. The molecule has 0 aromatic heterocycles. The number of ether oxygens (including phenoxy) is 1. The first kappa shape index (κ1) is 9.75. The molecule has 1 heterocycles. The zero-order valence-electron chi connectivity index (χ0n) is 8.12. The Morgan fingerprint density at radius 3 is 3.00 bits per heavy atom. The van der Waals surface area contributed by atoms with Crippen molar-refractivity contribution in [2.45, 2.75) is 25.3 Å². The number of rotatable bonds is 3. The van der Waals surface area contributed by atoms with Gasteiger partial charge >= 0.3 is 0 Å². The van der Waals surface area contributed by atoms with Crippen molar-refractivity contribution in [3.63, 3.8) is 0 Å². The number of methoxy groups -OCH3 is 1. The lowest BCUT2D eigenvalue weighted by molar-refractivity contribution is 0.215. The van der Waals surface area contributed by atoms with Crippen molar-refractivity contribution in [1.29, 1.82) is 0 Å². The third-order valence-corrected chi connectivity index (χ3v) is 2.45. The van der Waals surface area contributed by atoms with Gasteiger partial charge in [0.05, 0.1) is 6.61 Å². The predicted molar refractivity (Wildman–Crippen MR) is 51.3 cm³/mol. The van der Waals surface area contributed by atoms with Gasteiger partial charge in [0.2, 0.25) is 0 Å². The summed E-state index contributed by atoms with van der Waals surface area (Å²) in [5.41, 5.74) is 0. The van der Waals surface area contributed by atoms with Gasteiger partial charge in [-0.2, -0.15) is 0 Å². The summed E-state index contributed by atoms with van der Waals surface area (Å²) >= 11 is 0. The first-order chi connectivity index (χ1) is 5.84. The van der Waals surface area contributed by atoms with Gasteiger partial charge in [-0.05, 0) is 26.4 Å². The lowest BCUT2D eigenvalue weighted by atomic mass is 10.0. The topological polar surface area (TPSA) is 12.5 Å². The first-order valence-corrected chi connectivity index (χ1v) is 4.70. The molecule has 0 aliphatic carbocycles. The van der Waals surface area contributed by atoms with E-state index in [4.69, 9.17) is 4.74 Å². The minimum atomic E-state index is 0.647. The Hall–Kier alpha value is -0.340. The van der Waals surface area contributed by atoms with Crippen molar-refractivity contribution in [2.24, 2.45) is 0 Å². The molecule has 1 atom stereocenters. The van der Waals surface area contributed by atoms with E-state index in [1.54, 1.807) is 7.11 Å². The second-order valence-corrected chi connectivity index (χ2v) is 3.43. The van der Waals surface area contributed by atoms with E-state index >= 15 is 0 Å². The molecule has 0 bridgehead atoms. The van der Waals surface area contributed by atoms with Crippen LogP contribution in [0.4, 0.5) is 0 Å². The molecule has 0 aromatic rings. The van der Waals surface area contributed by atoms with E-state index in [0.717, 1.165) is 6.61 Å². The van der Waals surface area contributed by atoms with Crippen molar-refractivity contribution in [3.05, 3.63) is 12.2 Å². The molecule has 1 aliphatic rings. The smallest absolute Gasteiger partial charge is 0.0644 e. The van der Waals surface area contributed by atoms with Gasteiger partial charge in [0.1, 0.15) is 0 Å².